The molecule has 1 saturated heterocycles. The van der Waals surface area contributed by atoms with Crippen LogP contribution in [0.5, 0.6) is 0 Å². The number of ether oxygens (including phenoxy) is 1. The maximum Gasteiger partial charge on any atom is 0.229 e. The molecule has 134 valence electrons. The van der Waals surface area contributed by atoms with Gasteiger partial charge in [0.25, 0.3) is 0 Å². The summed E-state index contributed by atoms with van der Waals surface area (Å²) in [6.45, 7) is 5.91. The quantitative estimate of drug-likeness (QED) is 0.714. The fourth-order valence-electron chi connectivity index (χ4n) is 2.94. The SMILES string of the molecule is CC(C)c1nc(C2COCCN2c2ccnc(-c3ccccc3)n2)no1. The molecule has 0 spiro atoms. The number of morpholine rings is 1. The van der Waals surface area contributed by atoms with Gasteiger partial charge in [-0.15, -0.1) is 0 Å². The molecule has 1 aliphatic rings. The molecule has 0 radical (unpaired) electrons. The second-order valence-electron chi connectivity index (χ2n) is 6.53. The Kier molecular flexibility index (Phi) is 4.62. The summed E-state index contributed by atoms with van der Waals surface area (Å²) in [6.07, 6.45) is 1.78. The van der Waals surface area contributed by atoms with E-state index in [4.69, 9.17) is 14.2 Å². The Balaban J connectivity index is 1.66. The second-order valence-corrected chi connectivity index (χ2v) is 6.53. The summed E-state index contributed by atoms with van der Waals surface area (Å²) in [7, 11) is 0. The predicted molar refractivity (Wildman–Crippen MR) is 96.8 cm³/mol. The van der Waals surface area contributed by atoms with E-state index in [0.29, 0.717) is 37.3 Å². The molecular weight excluding hydrogens is 330 g/mol. The normalized spacial score (nSPS) is 17.7. The Labute approximate surface area is 152 Å². The molecule has 26 heavy (non-hydrogen) atoms. The Bertz CT molecular complexity index is 865. The lowest BCUT2D eigenvalue weighted by molar-refractivity contribution is 0.0905. The Hall–Kier alpha value is -2.80. The van der Waals surface area contributed by atoms with E-state index >= 15 is 0 Å². The number of hydrogen-bond donors (Lipinski definition) is 0. The van der Waals surface area contributed by atoms with Gasteiger partial charge in [-0.2, -0.15) is 4.98 Å². The summed E-state index contributed by atoms with van der Waals surface area (Å²) in [4.78, 5) is 15.9. The highest BCUT2D eigenvalue weighted by atomic mass is 16.5. The smallest absolute Gasteiger partial charge is 0.229 e. The third-order valence-electron chi connectivity index (χ3n) is 4.34. The molecule has 1 fully saturated rings. The van der Waals surface area contributed by atoms with Crippen LogP contribution >= 0.6 is 0 Å². The van der Waals surface area contributed by atoms with E-state index < -0.39 is 0 Å². The lowest BCUT2D eigenvalue weighted by atomic mass is 10.2. The average molecular weight is 351 g/mol. The predicted octanol–water partition coefficient (Wildman–Crippen LogP) is 3.23. The summed E-state index contributed by atoms with van der Waals surface area (Å²) >= 11 is 0. The van der Waals surface area contributed by atoms with Gasteiger partial charge in [0.2, 0.25) is 5.89 Å². The highest BCUT2D eigenvalue weighted by molar-refractivity contribution is 5.57. The van der Waals surface area contributed by atoms with Crippen LogP contribution in [0.2, 0.25) is 0 Å². The van der Waals surface area contributed by atoms with Crippen molar-refractivity contribution in [3.8, 4) is 11.4 Å². The number of rotatable bonds is 4. The minimum absolute atomic E-state index is 0.126. The number of nitrogens with zero attached hydrogens (tertiary/aromatic N) is 5. The lowest BCUT2D eigenvalue weighted by Crippen LogP contribution is -2.40. The monoisotopic (exact) mass is 351 g/mol. The number of aromatic nitrogens is 4. The molecule has 1 unspecified atom stereocenters. The van der Waals surface area contributed by atoms with Crippen molar-refractivity contribution >= 4 is 5.82 Å². The average Bonchev–Trinajstić information content (AvgIpc) is 3.19. The Morgan fingerprint density at radius 2 is 1.96 bits per heavy atom. The molecule has 0 amide bonds. The van der Waals surface area contributed by atoms with Crippen LogP contribution in [0.3, 0.4) is 0 Å². The van der Waals surface area contributed by atoms with Gasteiger partial charge in [0, 0.05) is 24.2 Å². The van der Waals surface area contributed by atoms with Crippen molar-refractivity contribution in [2.24, 2.45) is 0 Å². The van der Waals surface area contributed by atoms with Gasteiger partial charge in [-0.25, -0.2) is 9.97 Å². The van der Waals surface area contributed by atoms with Crippen molar-refractivity contribution in [2.45, 2.75) is 25.8 Å². The van der Waals surface area contributed by atoms with Crippen molar-refractivity contribution in [3.05, 3.63) is 54.3 Å². The van der Waals surface area contributed by atoms with Crippen LogP contribution in [0, 0.1) is 0 Å². The van der Waals surface area contributed by atoms with Gasteiger partial charge in [0.1, 0.15) is 11.9 Å². The molecule has 7 nitrogen and oxygen atoms in total. The van der Waals surface area contributed by atoms with Gasteiger partial charge in [0.05, 0.1) is 13.2 Å². The molecule has 0 bridgehead atoms. The zero-order chi connectivity index (χ0) is 17.9. The molecule has 2 aromatic heterocycles. The van der Waals surface area contributed by atoms with Gasteiger partial charge in [-0.05, 0) is 6.07 Å². The van der Waals surface area contributed by atoms with Crippen LogP contribution in [0.4, 0.5) is 5.82 Å². The maximum absolute atomic E-state index is 5.67. The van der Waals surface area contributed by atoms with E-state index in [1.54, 1.807) is 6.20 Å². The van der Waals surface area contributed by atoms with Crippen molar-refractivity contribution < 1.29 is 9.26 Å². The van der Waals surface area contributed by atoms with E-state index in [9.17, 15) is 0 Å². The third kappa shape index (κ3) is 3.30. The van der Waals surface area contributed by atoms with Gasteiger partial charge >= 0.3 is 0 Å². The first kappa shape index (κ1) is 16.7. The van der Waals surface area contributed by atoms with Crippen LogP contribution in [0.1, 0.15) is 37.5 Å². The Morgan fingerprint density at radius 1 is 1.12 bits per heavy atom. The van der Waals surface area contributed by atoms with Crippen molar-refractivity contribution in [1.82, 2.24) is 20.1 Å². The van der Waals surface area contributed by atoms with Crippen LogP contribution in [0.15, 0.2) is 47.1 Å². The molecular formula is C19H21N5O2. The fraction of sp³-hybridized carbons (Fsp3) is 0.368. The summed E-state index contributed by atoms with van der Waals surface area (Å²) in [5, 5.41) is 4.17. The molecule has 3 heterocycles. The Morgan fingerprint density at radius 3 is 2.73 bits per heavy atom. The molecule has 0 N–H and O–H groups in total. The number of benzene rings is 1. The molecule has 0 aliphatic carbocycles. The molecule has 0 saturated carbocycles. The lowest BCUT2D eigenvalue weighted by Gasteiger charge is -2.34. The maximum atomic E-state index is 5.67. The number of hydrogen-bond acceptors (Lipinski definition) is 7. The van der Waals surface area contributed by atoms with Gasteiger partial charge in [0.15, 0.2) is 11.6 Å². The van der Waals surface area contributed by atoms with Crippen molar-refractivity contribution in [1.29, 1.82) is 0 Å². The highest BCUT2D eigenvalue weighted by Gasteiger charge is 2.30. The fourth-order valence-corrected chi connectivity index (χ4v) is 2.94. The summed E-state index contributed by atoms with van der Waals surface area (Å²) in [5.74, 6) is 3.00. The first-order valence-corrected chi connectivity index (χ1v) is 8.78. The van der Waals surface area contributed by atoms with E-state index in [-0.39, 0.29) is 12.0 Å². The van der Waals surface area contributed by atoms with E-state index in [2.05, 4.69) is 20.0 Å². The minimum Gasteiger partial charge on any atom is -0.377 e. The first-order valence-electron chi connectivity index (χ1n) is 8.78. The number of anilines is 1. The highest BCUT2D eigenvalue weighted by Crippen LogP contribution is 2.29. The van der Waals surface area contributed by atoms with E-state index in [0.717, 1.165) is 11.4 Å². The second kappa shape index (κ2) is 7.21. The van der Waals surface area contributed by atoms with E-state index in [1.165, 1.54) is 0 Å². The molecule has 1 aromatic carbocycles. The minimum atomic E-state index is -0.126. The summed E-state index contributed by atoms with van der Waals surface area (Å²) in [5.41, 5.74) is 0.987. The third-order valence-corrected chi connectivity index (χ3v) is 4.34. The largest absolute Gasteiger partial charge is 0.377 e. The van der Waals surface area contributed by atoms with Gasteiger partial charge in [-0.1, -0.05) is 49.3 Å². The molecule has 4 rings (SSSR count). The summed E-state index contributed by atoms with van der Waals surface area (Å²) in [6, 6.07) is 11.7. The molecule has 3 aromatic rings. The zero-order valence-electron chi connectivity index (χ0n) is 14.9. The van der Waals surface area contributed by atoms with Crippen LogP contribution in [-0.4, -0.2) is 39.9 Å². The molecule has 1 atom stereocenters. The van der Waals surface area contributed by atoms with Crippen LogP contribution in [-0.2, 0) is 4.74 Å². The topological polar surface area (TPSA) is 77.2 Å². The summed E-state index contributed by atoms with van der Waals surface area (Å²) < 4.78 is 11.0. The standard InChI is InChI=1S/C19H21N5O2/c1-13(2)19-22-18(23-26-19)15-12-25-11-10-24(15)16-8-9-20-17(21-16)14-6-4-3-5-7-14/h3-9,13,15H,10-12H2,1-2H3. The van der Waals surface area contributed by atoms with Crippen LogP contribution < -0.4 is 4.90 Å². The van der Waals surface area contributed by atoms with Crippen LogP contribution in [0.25, 0.3) is 11.4 Å². The first-order chi connectivity index (χ1) is 12.7. The molecule has 1 aliphatic heterocycles. The zero-order valence-corrected chi connectivity index (χ0v) is 14.9. The van der Waals surface area contributed by atoms with Gasteiger partial charge in [-0.3, -0.25) is 0 Å². The molecule has 7 heteroatoms. The van der Waals surface area contributed by atoms with Crippen molar-refractivity contribution in [2.75, 3.05) is 24.7 Å². The van der Waals surface area contributed by atoms with E-state index in [1.807, 2.05) is 50.2 Å². The van der Waals surface area contributed by atoms with Crippen molar-refractivity contribution in [3.63, 3.8) is 0 Å². The van der Waals surface area contributed by atoms with Gasteiger partial charge < -0.3 is 14.2 Å².